The Labute approximate surface area is 118 Å². The third-order valence-electron chi connectivity index (χ3n) is 3.89. The fourth-order valence-corrected chi connectivity index (χ4v) is 3.57. The summed E-state index contributed by atoms with van der Waals surface area (Å²) in [6, 6.07) is 0.295. The van der Waals surface area contributed by atoms with Crippen molar-refractivity contribution in [1.29, 1.82) is 0 Å². The minimum absolute atomic E-state index is 0.0362. The summed E-state index contributed by atoms with van der Waals surface area (Å²) in [5.74, 6) is 1.29. The monoisotopic (exact) mass is 281 g/mol. The van der Waals surface area contributed by atoms with Crippen LogP contribution >= 0.6 is 11.3 Å². The van der Waals surface area contributed by atoms with Crippen LogP contribution < -0.4 is 11.1 Å². The molecule has 0 aliphatic heterocycles. The van der Waals surface area contributed by atoms with Crippen LogP contribution in [0.4, 0.5) is 0 Å². The number of nitrogens with zero attached hydrogens (tertiary/aromatic N) is 1. The Balaban J connectivity index is 1.92. The average molecular weight is 281 g/mol. The van der Waals surface area contributed by atoms with E-state index in [0.29, 0.717) is 24.2 Å². The lowest BCUT2D eigenvalue weighted by Crippen LogP contribution is -2.42. The van der Waals surface area contributed by atoms with Crippen molar-refractivity contribution in [1.82, 2.24) is 10.3 Å². The molecule has 3 unspecified atom stereocenters. The van der Waals surface area contributed by atoms with E-state index in [2.05, 4.69) is 24.1 Å². The molecular weight excluding hydrogens is 258 g/mol. The number of hydrogen-bond donors (Lipinski definition) is 2. The lowest BCUT2D eigenvalue weighted by atomic mass is 9.80. The van der Waals surface area contributed by atoms with Gasteiger partial charge in [0.25, 0.3) is 5.91 Å². The van der Waals surface area contributed by atoms with Gasteiger partial charge in [-0.1, -0.05) is 13.8 Å². The number of nitrogens with two attached hydrogens (primary N) is 1. The van der Waals surface area contributed by atoms with Gasteiger partial charge in [0.15, 0.2) is 0 Å². The Hall–Kier alpha value is -0.940. The minimum Gasteiger partial charge on any atom is -0.348 e. The van der Waals surface area contributed by atoms with Gasteiger partial charge < -0.3 is 11.1 Å². The zero-order valence-electron chi connectivity index (χ0n) is 11.7. The van der Waals surface area contributed by atoms with Gasteiger partial charge in [0.2, 0.25) is 0 Å². The van der Waals surface area contributed by atoms with E-state index in [0.717, 1.165) is 23.8 Å². The van der Waals surface area contributed by atoms with Crippen LogP contribution in [0, 0.1) is 11.8 Å². The summed E-state index contributed by atoms with van der Waals surface area (Å²) >= 11 is 1.51. The fourth-order valence-electron chi connectivity index (χ4n) is 2.78. The summed E-state index contributed by atoms with van der Waals surface area (Å²) < 4.78 is 0. The summed E-state index contributed by atoms with van der Waals surface area (Å²) in [6.07, 6.45) is 4.22. The highest BCUT2D eigenvalue weighted by molar-refractivity contribution is 7.09. The largest absolute Gasteiger partial charge is 0.348 e. The Morgan fingerprint density at radius 3 is 3.00 bits per heavy atom. The van der Waals surface area contributed by atoms with Crippen molar-refractivity contribution in [2.75, 3.05) is 6.54 Å². The molecule has 1 aromatic rings. The molecule has 1 aliphatic carbocycles. The molecular formula is C14H23N3OS. The van der Waals surface area contributed by atoms with E-state index < -0.39 is 0 Å². The highest BCUT2D eigenvalue weighted by Crippen LogP contribution is 2.28. The van der Waals surface area contributed by atoms with Crippen LogP contribution in [0.5, 0.6) is 0 Å². The fraction of sp³-hybridized carbons (Fsp3) is 0.714. The smallest absolute Gasteiger partial charge is 0.270 e. The molecule has 2 rings (SSSR count). The maximum Gasteiger partial charge on any atom is 0.270 e. The third-order valence-corrected chi connectivity index (χ3v) is 4.80. The molecule has 1 heterocycles. The van der Waals surface area contributed by atoms with E-state index in [1.165, 1.54) is 24.2 Å². The summed E-state index contributed by atoms with van der Waals surface area (Å²) in [5.41, 5.74) is 6.03. The maximum absolute atomic E-state index is 12.2. The van der Waals surface area contributed by atoms with Crippen molar-refractivity contribution in [3.8, 4) is 0 Å². The number of carbonyl (C=O) groups is 1. The molecule has 0 bridgehead atoms. The summed E-state index contributed by atoms with van der Waals surface area (Å²) in [6.45, 7) is 5.09. The van der Waals surface area contributed by atoms with E-state index in [9.17, 15) is 4.79 Å². The van der Waals surface area contributed by atoms with Crippen LogP contribution in [-0.2, 0) is 6.42 Å². The summed E-state index contributed by atoms with van der Waals surface area (Å²) in [4.78, 5) is 16.5. The highest BCUT2D eigenvalue weighted by Gasteiger charge is 2.27. The predicted octanol–water partition coefficient (Wildman–Crippen LogP) is 2.20. The average Bonchev–Trinajstić information content (AvgIpc) is 2.82. The van der Waals surface area contributed by atoms with E-state index >= 15 is 0 Å². The van der Waals surface area contributed by atoms with Gasteiger partial charge in [0.05, 0.1) is 5.01 Å². The van der Waals surface area contributed by atoms with Gasteiger partial charge in [-0.25, -0.2) is 4.98 Å². The number of thiazole rings is 1. The quantitative estimate of drug-likeness (QED) is 0.889. The lowest BCUT2D eigenvalue weighted by molar-refractivity contribution is 0.0895. The standard InChI is InChI=1S/C14H23N3OS/c1-9-3-4-11(10(2)7-9)17-14(18)12-8-19-13(16-12)5-6-15/h8-11H,3-7,15H2,1-2H3,(H,17,18). The molecule has 1 aliphatic rings. The molecule has 1 fully saturated rings. The number of rotatable bonds is 4. The molecule has 19 heavy (non-hydrogen) atoms. The maximum atomic E-state index is 12.2. The number of nitrogens with one attached hydrogen (secondary N) is 1. The van der Waals surface area contributed by atoms with Crippen LogP contribution in [-0.4, -0.2) is 23.5 Å². The molecule has 0 radical (unpaired) electrons. The van der Waals surface area contributed by atoms with Crippen molar-refractivity contribution in [3.63, 3.8) is 0 Å². The molecule has 3 atom stereocenters. The van der Waals surface area contributed by atoms with Gasteiger partial charge in [-0.15, -0.1) is 11.3 Å². The van der Waals surface area contributed by atoms with Crippen molar-refractivity contribution in [2.45, 2.75) is 45.6 Å². The third kappa shape index (κ3) is 3.76. The van der Waals surface area contributed by atoms with Gasteiger partial charge in [-0.05, 0) is 37.6 Å². The Morgan fingerprint density at radius 2 is 2.32 bits per heavy atom. The molecule has 0 saturated heterocycles. The second kappa shape index (κ2) is 6.48. The molecule has 0 spiro atoms. The van der Waals surface area contributed by atoms with Gasteiger partial charge >= 0.3 is 0 Å². The van der Waals surface area contributed by atoms with Crippen LogP contribution in [0.2, 0.25) is 0 Å². The predicted molar refractivity (Wildman–Crippen MR) is 78.3 cm³/mol. The van der Waals surface area contributed by atoms with Crippen LogP contribution in [0.1, 0.15) is 48.6 Å². The molecule has 0 aromatic carbocycles. The second-order valence-corrected chi connectivity index (χ2v) is 6.58. The van der Waals surface area contributed by atoms with Gasteiger partial charge in [0, 0.05) is 17.8 Å². The second-order valence-electron chi connectivity index (χ2n) is 5.64. The van der Waals surface area contributed by atoms with E-state index in [1.807, 2.05) is 5.38 Å². The Kier molecular flexibility index (Phi) is 4.93. The zero-order valence-corrected chi connectivity index (χ0v) is 12.5. The Morgan fingerprint density at radius 1 is 1.53 bits per heavy atom. The van der Waals surface area contributed by atoms with Crippen LogP contribution in [0.25, 0.3) is 0 Å². The molecule has 5 heteroatoms. The highest BCUT2D eigenvalue weighted by atomic mass is 32.1. The number of amides is 1. The topological polar surface area (TPSA) is 68.0 Å². The summed E-state index contributed by atoms with van der Waals surface area (Å²) in [7, 11) is 0. The Bertz CT molecular complexity index is 432. The van der Waals surface area contributed by atoms with E-state index in [-0.39, 0.29) is 5.91 Å². The van der Waals surface area contributed by atoms with Gasteiger partial charge in [-0.2, -0.15) is 0 Å². The van der Waals surface area contributed by atoms with Crippen molar-refractivity contribution in [2.24, 2.45) is 17.6 Å². The number of hydrogen-bond acceptors (Lipinski definition) is 4. The number of aromatic nitrogens is 1. The first-order valence-electron chi connectivity index (χ1n) is 7.05. The number of carbonyl (C=O) groups excluding carboxylic acids is 1. The molecule has 1 amide bonds. The van der Waals surface area contributed by atoms with Crippen molar-refractivity contribution in [3.05, 3.63) is 16.1 Å². The van der Waals surface area contributed by atoms with Gasteiger partial charge in [0.1, 0.15) is 5.69 Å². The molecule has 3 N–H and O–H groups in total. The first-order valence-corrected chi connectivity index (χ1v) is 7.93. The SMILES string of the molecule is CC1CCC(NC(=O)c2csc(CCN)n2)C(C)C1. The first kappa shape index (κ1) is 14.5. The first-order chi connectivity index (χ1) is 9.10. The minimum atomic E-state index is -0.0362. The molecule has 4 nitrogen and oxygen atoms in total. The normalized spacial score (nSPS) is 27.2. The van der Waals surface area contributed by atoms with Crippen LogP contribution in [0.3, 0.4) is 0 Å². The molecule has 106 valence electrons. The molecule has 1 aromatic heterocycles. The van der Waals surface area contributed by atoms with E-state index in [4.69, 9.17) is 5.73 Å². The molecule has 1 saturated carbocycles. The lowest BCUT2D eigenvalue weighted by Gasteiger charge is -2.32. The van der Waals surface area contributed by atoms with Crippen molar-refractivity contribution < 1.29 is 4.79 Å². The van der Waals surface area contributed by atoms with E-state index in [1.54, 1.807) is 0 Å². The van der Waals surface area contributed by atoms with Gasteiger partial charge in [-0.3, -0.25) is 4.79 Å². The summed E-state index contributed by atoms with van der Waals surface area (Å²) in [5, 5.41) is 5.91. The van der Waals surface area contributed by atoms with Crippen molar-refractivity contribution >= 4 is 17.2 Å². The zero-order chi connectivity index (χ0) is 13.8. The van der Waals surface area contributed by atoms with Crippen LogP contribution in [0.15, 0.2) is 5.38 Å².